The van der Waals surface area contributed by atoms with Crippen molar-refractivity contribution in [3.8, 4) is 22.8 Å². The van der Waals surface area contributed by atoms with Gasteiger partial charge >= 0.3 is 0 Å². The standard InChI is InChI=1S/C27H29N3O6S/c1-17-13-22(37(34,35)29-9-11-36-12-10-29)16-28-26(17)20-5-8-24-19(14-20)4-3-18(2)30(24)27(33)23-7-6-21(31)15-25(23)32/h5-8,13-16,18,31-32H,3-4,9-12H2,1-2H3/t18-/m0/s1. The molecule has 5 rings (SSSR count). The molecule has 37 heavy (non-hydrogen) atoms. The second-order valence-electron chi connectivity index (χ2n) is 9.46. The minimum absolute atomic E-state index is 0.0800. The summed E-state index contributed by atoms with van der Waals surface area (Å²) >= 11 is 0. The molecule has 3 aromatic rings. The maximum absolute atomic E-state index is 13.4. The van der Waals surface area contributed by atoms with Crippen LogP contribution in [0.4, 0.5) is 5.69 Å². The number of morpholine rings is 1. The third-order valence-electron chi connectivity index (χ3n) is 6.98. The molecule has 0 spiro atoms. The summed E-state index contributed by atoms with van der Waals surface area (Å²) in [6, 6.07) is 11.3. The molecule has 1 aromatic heterocycles. The van der Waals surface area contributed by atoms with Gasteiger partial charge in [-0.1, -0.05) is 6.07 Å². The SMILES string of the molecule is Cc1cc(S(=O)(=O)N2CCOCC2)cnc1-c1ccc2c(c1)CC[C@H](C)N2C(=O)c1ccc(O)cc1O. The molecule has 0 unspecified atom stereocenters. The van der Waals surface area contributed by atoms with Gasteiger partial charge in [-0.05, 0) is 68.1 Å². The van der Waals surface area contributed by atoms with E-state index in [2.05, 4.69) is 4.98 Å². The monoisotopic (exact) mass is 523 g/mol. The number of anilines is 1. The molecule has 1 atom stereocenters. The number of carbonyl (C=O) groups excluding carboxylic acids is 1. The van der Waals surface area contributed by atoms with Crippen molar-refractivity contribution in [2.75, 3.05) is 31.2 Å². The number of phenolic OH excluding ortho intramolecular Hbond substituents is 2. The molecule has 2 N–H and O–H groups in total. The molecule has 0 radical (unpaired) electrons. The normalized spacial score (nSPS) is 18.4. The minimum atomic E-state index is -3.64. The molecular weight excluding hydrogens is 494 g/mol. The Morgan fingerprint density at radius 1 is 1.08 bits per heavy atom. The number of ether oxygens (including phenoxy) is 1. The number of fused-ring (bicyclic) bond motifs is 1. The molecule has 2 aliphatic rings. The van der Waals surface area contributed by atoms with Crippen LogP contribution in [0.25, 0.3) is 11.3 Å². The van der Waals surface area contributed by atoms with Gasteiger partial charge < -0.3 is 19.8 Å². The topological polar surface area (TPSA) is 120 Å². The van der Waals surface area contributed by atoms with Gasteiger partial charge in [0.2, 0.25) is 10.0 Å². The highest BCUT2D eigenvalue weighted by Crippen LogP contribution is 2.37. The number of pyridine rings is 1. The smallest absolute Gasteiger partial charge is 0.262 e. The summed E-state index contributed by atoms with van der Waals surface area (Å²) in [5.74, 6) is -0.726. The van der Waals surface area contributed by atoms with E-state index in [1.807, 2.05) is 32.0 Å². The number of aryl methyl sites for hydroxylation is 2. The zero-order chi connectivity index (χ0) is 26.3. The van der Waals surface area contributed by atoms with E-state index in [9.17, 15) is 23.4 Å². The van der Waals surface area contributed by atoms with Crippen LogP contribution in [-0.2, 0) is 21.2 Å². The predicted molar refractivity (Wildman–Crippen MR) is 138 cm³/mol. The van der Waals surface area contributed by atoms with Gasteiger partial charge in [-0.25, -0.2) is 8.42 Å². The van der Waals surface area contributed by atoms with Gasteiger partial charge in [0, 0.05) is 42.6 Å². The van der Waals surface area contributed by atoms with Crippen molar-refractivity contribution in [3.05, 3.63) is 65.4 Å². The van der Waals surface area contributed by atoms with E-state index in [1.54, 1.807) is 11.0 Å². The molecule has 1 amide bonds. The average Bonchev–Trinajstić information content (AvgIpc) is 2.88. The van der Waals surface area contributed by atoms with Crippen LogP contribution in [0.5, 0.6) is 11.5 Å². The largest absolute Gasteiger partial charge is 0.508 e. The highest BCUT2D eigenvalue weighted by Gasteiger charge is 2.31. The number of benzene rings is 2. The zero-order valence-corrected chi connectivity index (χ0v) is 21.5. The van der Waals surface area contributed by atoms with Gasteiger partial charge in [-0.2, -0.15) is 4.31 Å². The van der Waals surface area contributed by atoms with E-state index < -0.39 is 10.0 Å². The van der Waals surface area contributed by atoms with Crippen LogP contribution in [0.1, 0.15) is 34.8 Å². The number of nitrogens with zero attached hydrogens (tertiary/aromatic N) is 3. The number of aromatic nitrogens is 1. The third kappa shape index (κ3) is 4.68. The number of hydrogen-bond donors (Lipinski definition) is 2. The lowest BCUT2D eigenvalue weighted by Crippen LogP contribution is -2.42. The highest BCUT2D eigenvalue weighted by molar-refractivity contribution is 7.89. The van der Waals surface area contributed by atoms with Gasteiger partial charge in [-0.3, -0.25) is 9.78 Å². The lowest BCUT2D eigenvalue weighted by molar-refractivity contribution is 0.0730. The summed E-state index contributed by atoms with van der Waals surface area (Å²) in [5.41, 5.74) is 4.09. The number of sulfonamides is 1. The third-order valence-corrected chi connectivity index (χ3v) is 8.84. The fourth-order valence-corrected chi connectivity index (χ4v) is 6.41. The number of amides is 1. The van der Waals surface area contributed by atoms with Crippen molar-refractivity contribution in [1.29, 1.82) is 0 Å². The van der Waals surface area contributed by atoms with Gasteiger partial charge in [0.1, 0.15) is 16.4 Å². The summed E-state index contributed by atoms with van der Waals surface area (Å²) in [6.07, 6.45) is 2.90. The number of aromatic hydroxyl groups is 2. The van der Waals surface area contributed by atoms with Crippen LogP contribution in [0, 0.1) is 6.92 Å². The molecule has 2 aromatic carbocycles. The maximum Gasteiger partial charge on any atom is 0.262 e. The quantitative estimate of drug-likeness (QED) is 0.537. The highest BCUT2D eigenvalue weighted by atomic mass is 32.2. The van der Waals surface area contributed by atoms with Crippen molar-refractivity contribution in [3.63, 3.8) is 0 Å². The van der Waals surface area contributed by atoms with E-state index in [1.165, 1.54) is 22.6 Å². The van der Waals surface area contributed by atoms with E-state index in [0.717, 1.165) is 41.3 Å². The van der Waals surface area contributed by atoms with Crippen LogP contribution >= 0.6 is 0 Å². The van der Waals surface area contributed by atoms with Crippen LogP contribution in [0.15, 0.2) is 53.6 Å². The van der Waals surface area contributed by atoms with Crippen molar-refractivity contribution >= 4 is 21.6 Å². The first-order chi connectivity index (χ1) is 17.7. The first-order valence-corrected chi connectivity index (χ1v) is 13.6. The van der Waals surface area contributed by atoms with E-state index in [4.69, 9.17) is 4.74 Å². The zero-order valence-electron chi connectivity index (χ0n) is 20.7. The predicted octanol–water partition coefficient (Wildman–Crippen LogP) is 3.47. The lowest BCUT2D eigenvalue weighted by atomic mass is 9.92. The molecular formula is C27H29N3O6S. The second kappa shape index (κ2) is 9.77. The Bertz CT molecular complexity index is 1470. The van der Waals surface area contributed by atoms with E-state index in [0.29, 0.717) is 32.0 Å². The Balaban J connectivity index is 1.46. The van der Waals surface area contributed by atoms with E-state index >= 15 is 0 Å². The lowest BCUT2D eigenvalue weighted by Gasteiger charge is -2.35. The van der Waals surface area contributed by atoms with E-state index in [-0.39, 0.29) is 33.9 Å². The second-order valence-corrected chi connectivity index (χ2v) is 11.4. The van der Waals surface area contributed by atoms with Gasteiger partial charge in [-0.15, -0.1) is 0 Å². The Morgan fingerprint density at radius 3 is 2.54 bits per heavy atom. The Morgan fingerprint density at radius 2 is 1.84 bits per heavy atom. The molecule has 2 aliphatic heterocycles. The molecule has 3 heterocycles. The first kappa shape index (κ1) is 25.2. The van der Waals surface area contributed by atoms with Gasteiger partial charge in [0.25, 0.3) is 5.91 Å². The van der Waals surface area contributed by atoms with Crippen molar-refractivity contribution in [2.45, 2.75) is 37.6 Å². The molecule has 0 saturated carbocycles. The summed E-state index contributed by atoms with van der Waals surface area (Å²) in [7, 11) is -3.64. The van der Waals surface area contributed by atoms with Gasteiger partial charge in [0.05, 0.1) is 24.5 Å². The fourth-order valence-electron chi connectivity index (χ4n) is 4.97. The average molecular weight is 524 g/mol. The number of phenols is 2. The first-order valence-electron chi connectivity index (χ1n) is 12.2. The Labute approximate surface area is 216 Å². The number of carbonyl (C=O) groups is 1. The molecule has 194 valence electrons. The molecule has 0 bridgehead atoms. The summed E-state index contributed by atoms with van der Waals surface area (Å²) < 4.78 is 32.8. The molecule has 1 saturated heterocycles. The van der Waals surface area contributed by atoms with Crippen molar-refractivity contribution < 1.29 is 28.2 Å². The number of hydrogen-bond acceptors (Lipinski definition) is 7. The van der Waals surface area contributed by atoms with Gasteiger partial charge in [0.15, 0.2) is 0 Å². The van der Waals surface area contributed by atoms with Crippen LogP contribution < -0.4 is 4.90 Å². The molecule has 0 aliphatic carbocycles. The Kier molecular flexibility index (Phi) is 6.65. The molecule has 1 fully saturated rings. The Hall–Kier alpha value is -3.47. The fraction of sp³-hybridized carbons (Fsp3) is 0.333. The van der Waals surface area contributed by atoms with Crippen molar-refractivity contribution in [2.24, 2.45) is 0 Å². The van der Waals surface area contributed by atoms with Crippen LogP contribution in [0.3, 0.4) is 0 Å². The summed E-state index contributed by atoms with van der Waals surface area (Å²) in [6.45, 7) is 5.21. The van der Waals surface area contributed by atoms with Crippen molar-refractivity contribution in [1.82, 2.24) is 9.29 Å². The number of rotatable bonds is 4. The van der Waals surface area contributed by atoms with Crippen LogP contribution in [0.2, 0.25) is 0 Å². The van der Waals surface area contributed by atoms with Crippen LogP contribution in [-0.4, -0.2) is 66.2 Å². The summed E-state index contributed by atoms with van der Waals surface area (Å²) in [4.78, 5) is 19.7. The molecule has 10 heteroatoms. The molecule has 9 nitrogen and oxygen atoms in total. The maximum atomic E-state index is 13.4. The minimum Gasteiger partial charge on any atom is -0.508 e. The summed E-state index contributed by atoms with van der Waals surface area (Å²) in [5, 5.41) is 19.8.